The van der Waals surface area contributed by atoms with E-state index in [2.05, 4.69) is 5.32 Å². The fourth-order valence-corrected chi connectivity index (χ4v) is 3.65. The summed E-state index contributed by atoms with van der Waals surface area (Å²) in [6.07, 6.45) is 0. The average molecular weight is 407 g/mol. The van der Waals surface area contributed by atoms with Crippen LogP contribution in [0.3, 0.4) is 0 Å². The minimum Gasteiger partial charge on any atom is -0.317 e. The molecular weight excluding hydrogens is 384 g/mol. The van der Waals surface area contributed by atoms with E-state index in [4.69, 9.17) is 0 Å². The zero-order valence-electron chi connectivity index (χ0n) is 17.6. The highest BCUT2D eigenvalue weighted by atomic mass is 19.1. The molecule has 0 aliphatic rings. The van der Waals surface area contributed by atoms with E-state index in [1.54, 1.807) is 18.2 Å². The molecule has 154 valence electrons. The molecule has 0 aliphatic heterocycles. The molecule has 0 saturated heterocycles. The van der Waals surface area contributed by atoms with Crippen LogP contribution in [0.15, 0.2) is 42.5 Å². The lowest BCUT2D eigenvalue weighted by molar-refractivity contribution is 0.0995. The second-order valence-corrected chi connectivity index (χ2v) is 7.43. The van der Waals surface area contributed by atoms with Crippen molar-refractivity contribution < 1.29 is 18.4 Å². The number of carbonyl (C=O) groups is 2. The molecule has 0 saturated carbocycles. The Morgan fingerprint density at radius 1 is 0.667 bits per heavy atom. The van der Waals surface area contributed by atoms with Crippen molar-refractivity contribution in [3.8, 4) is 0 Å². The summed E-state index contributed by atoms with van der Waals surface area (Å²) in [5.74, 6) is -2.82. The number of hydrogen-bond acceptors (Lipinski definition) is 2. The van der Waals surface area contributed by atoms with E-state index in [0.717, 1.165) is 39.9 Å². The fourth-order valence-electron chi connectivity index (χ4n) is 3.65. The number of halogens is 2. The van der Waals surface area contributed by atoms with Crippen molar-refractivity contribution in [1.29, 1.82) is 0 Å². The molecule has 0 spiro atoms. The average Bonchev–Trinajstić information content (AvgIpc) is 2.73. The van der Waals surface area contributed by atoms with Crippen LogP contribution in [0, 0.1) is 46.3 Å². The Morgan fingerprint density at radius 2 is 1.13 bits per heavy atom. The predicted octanol–water partition coefficient (Wildman–Crippen LogP) is 5.99. The Morgan fingerprint density at radius 3 is 1.67 bits per heavy atom. The Kier molecular flexibility index (Phi) is 5.83. The predicted molar refractivity (Wildman–Crippen MR) is 114 cm³/mol. The minimum atomic E-state index is -0.886. The molecule has 3 aromatic carbocycles. The SMILES string of the molecule is Cc1c(C)c(C)c(C(=O)c2ccccc2C(=O)Nc2c(F)cccc2F)c(C)c1C. The van der Waals surface area contributed by atoms with E-state index in [1.165, 1.54) is 12.1 Å². The molecule has 0 atom stereocenters. The quantitative estimate of drug-likeness (QED) is 0.540. The summed E-state index contributed by atoms with van der Waals surface area (Å²) in [5, 5.41) is 2.26. The number of amides is 1. The molecule has 3 nitrogen and oxygen atoms in total. The van der Waals surface area contributed by atoms with Gasteiger partial charge in [0.1, 0.15) is 17.3 Å². The van der Waals surface area contributed by atoms with Crippen LogP contribution in [0.4, 0.5) is 14.5 Å². The molecule has 0 radical (unpaired) electrons. The molecular formula is C25H23F2NO2. The maximum Gasteiger partial charge on any atom is 0.256 e. The van der Waals surface area contributed by atoms with Crippen LogP contribution in [-0.2, 0) is 0 Å². The molecule has 5 heteroatoms. The maximum atomic E-state index is 14.0. The summed E-state index contributed by atoms with van der Waals surface area (Å²) in [6.45, 7) is 9.73. The molecule has 1 amide bonds. The first-order chi connectivity index (χ1) is 14.1. The van der Waals surface area contributed by atoms with Crippen molar-refractivity contribution in [2.75, 3.05) is 5.32 Å². The smallest absolute Gasteiger partial charge is 0.256 e. The van der Waals surface area contributed by atoms with Gasteiger partial charge in [0.2, 0.25) is 0 Å². The molecule has 0 aliphatic carbocycles. The molecule has 0 fully saturated rings. The largest absolute Gasteiger partial charge is 0.317 e. The Bertz CT molecular complexity index is 1130. The van der Waals surface area contributed by atoms with E-state index in [1.807, 2.05) is 34.6 Å². The number of carbonyl (C=O) groups excluding carboxylic acids is 2. The molecule has 0 heterocycles. The maximum absolute atomic E-state index is 14.0. The molecule has 3 rings (SSSR count). The second kappa shape index (κ2) is 8.19. The van der Waals surface area contributed by atoms with Gasteiger partial charge >= 0.3 is 0 Å². The Labute approximate surface area is 174 Å². The normalized spacial score (nSPS) is 10.8. The summed E-state index contributed by atoms with van der Waals surface area (Å²) in [5.41, 5.74) is 5.13. The van der Waals surface area contributed by atoms with Crippen LogP contribution in [0.5, 0.6) is 0 Å². The molecule has 0 aromatic heterocycles. The van der Waals surface area contributed by atoms with Gasteiger partial charge in [0, 0.05) is 11.1 Å². The number of rotatable bonds is 4. The number of para-hydroxylation sites is 1. The van der Waals surface area contributed by atoms with Gasteiger partial charge in [-0.2, -0.15) is 0 Å². The van der Waals surface area contributed by atoms with Crippen LogP contribution >= 0.6 is 0 Å². The van der Waals surface area contributed by atoms with Crippen molar-refractivity contribution in [2.45, 2.75) is 34.6 Å². The third-order valence-corrected chi connectivity index (χ3v) is 5.84. The third kappa shape index (κ3) is 3.63. The van der Waals surface area contributed by atoms with E-state index in [0.29, 0.717) is 5.56 Å². The number of nitrogens with one attached hydrogen (secondary N) is 1. The van der Waals surface area contributed by atoms with Crippen LogP contribution in [0.1, 0.15) is 54.1 Å². The number of benzene rings is 3. The summed E-state index contributed by atoms with van der Waals surface area (Å²) in [6, 6.07) is 9.62. The van der Waals surface area contributed by atoms with Crippen molar-refractivity contribution in [1.82, 2.24) is 0 Å². The van der Waals surface area contributed by atoms with Crippen LogP contribution in [0.25, 0.3) is 0 Å². The van der Waals surface area contributed by atoms with Crippen LogP contribution < -0.4 is 5.32 Å². The topological polar surface area (TPSA) is 46.2 Å². The van der Waals surface area contributed by atoms with E-state index in [-0.39, 0.29) is 16.9 Å². The van der Waals surface area contributed by atoms with Crippen molar-refractivity contribution in [3.63, 3.8) is 0 Å². The van der Waals surface area contributed by atoms with Gasteiger partial charge in [-0.1, -0.05) is 24.3 Å². The van der Waals surface area contributed by atoms with Gasteiger partial charge in [-0.15, -0.1) is 0 Å². The van der Waals surface area contributed by atoms with Gasteiger partial charge in [0.05, 0.1) is 5.56 Å². The van der Waals surface area contributed by atoms with E-state index >= 15 is 0 Å². The molecule has 0 bridgehead atoms. The molecule has 30 heavy (non-hydrogen) atoms. The highest BCUT2D eigenvalue weighted by Crippen LogP contribution is 2.29. The lowest BCUT2D eigenvalue weighted by Crippen LogP contribution is -2.19. The first-order valence-corrected chi connectivity index (χ1v) is 9.61. The first-order valence-electron chi connectivity index (χ1n) is 9.61. The number of ketones is 1. The van der Waals surface area contributed by atoms with Gasteiger partial charge in [0.25, 0.3) is 5.91 Å². The van der Waals surface area contributed by atoms with Crippen LogP contribution in [0.2, 0.25) is 0 Å². The Balaban J connectivity index is 2.09. The molecule has 0 unspecified atom stereocenters. The lowest BCUT2D eigenvalue weighted by Gasteiger charge is -2.19. The summed E-state index contributed by atoms with van der Waals surface area (Å²) in [4.78, 5) is 26.3. The summed E-state index contributed by atoms with van der Waals surface area (Å²) < 4.78 is 27.9. The van der Waals surface area contributed by atoms with E-state index < -0.39 is 23.2 Å². The zero-order valence-corrected chi connectivity index (χ0v) is 17.6. The lowest BCUT2D eigenvalue weighted by atomic mass is 9.85. The van der Waals surface area contributed by atoms with Gasteiger partial charge in [-0.3, -0.25) is 9.59 Å². The highest BCUT2D eigenvalue weighted by molar-refractivity contribution is 6.18. The van der Waals surface area contributed by atoms with Crippen molar-refractivity contribution >= 4 is 17.4 Å². The molecule has 1 N–H and O–H groups in total. The fraction of sp³-hybridized carbons (Fsp3) is 0.200. The van der Waals surface area contributed by atoms with Gasteiger partial charge in [0.15, 0.2) is 5.78 Å². The first kappa shape index (κ1) is 21.4. The van der Waals surface area contributed by atoms with Gasteiger partial charge in [-0.05, 0) is 80.6 Å². The van der Waals surface area contributed by atoms with Gasteiger partial charge in [-0.25, -0.2) is 8.78 Å². The standard InChI is InChI=1S/C25H23F2NO2/c1-13-14(2)16(4)22(17(5)15(13)3)24(29)18-9-6-7-10-19(18)25(30)28-23-20(26)11-8-12-21(23)27/h6-12H,1-5H3,(H,28,30). The highest BCUT2D eigenvalue weighted by Gasteiger charge is 2.24. The van der Waals surface area contributed by atoms with E-state index in [9.17, 15) is 18.4 Å². The van der Waals surface area contributed by atoms with Crippen molar-refractivity contribution in [2.24, 2.45) is 0 Å². The minimum absolute atomic E-state index is 0.0554. The second-order valence-electron chi connectivity index (χ2n) is 7.43. The van der Waals surface area contributed by atoms with Gasteiger partial charge < -0.3 is 5.32 Å². The number of anilines is 1. The summed E-state index contributed by atoms with van der Waals surface area (Å²) in [7, 11) is 0. The monoisotopic (exact) mass is 407 g/mol. The zero-order chi connectivity index (χ0) is 22.2. The third-order valence-electron chi connectivity index (χ3n) is 5.84. The van der Waals surface area contributed by atoms with Crippen molar-refractivity contribution in [3.05, 3.63) is 98.6 Å². The summed E-state index contributed by atoms with van der Waals surface area (Å²) >= 11 is 0. The number of hydrogen-bond donors (Lipinski definition) is 1. The molecule has 3 aromatic rings. The van der Waals surface area contributed by atoms with Crippen LogP contribution in [-0.4, -0.2) is 11.7 Å². The Hall–Kier alpha value is -3.34.